The Morgan fingerprint density at radius 1 is 1.53 bits per heavy atom. The number of carbonyl (C=O) groups is 2. The highest BCUT2D eigenvalue weighted by molar-refractivity contribution is 5.79. The Kier molecular flexibility index (Phi) is 2.25. The predicted molar refractivity (Wildman–Crippen MR) is 65.6 cm³/mol. The van der Waals surface area contributed by atoms with Gasteiger partial charge < -0.3 is 10.4 Å². The van der Waals surface area contributed by atoms with Gasteiger partial charge in [0.25, 0.3) is 5.56 Å². The van der Waals surface area contributed by atoms with E-state index < -0.39 is 11.4 Å². The highest BCUT2D eigenvalue weighted by Gasteiger charge is 2.52. The molecule has 2 aliphatic rings. The quantitative estimate of drug-likeness (QED) is 0.642. The summed E-state index contributed by atoms with van der Waals surface area (Å²) in [5.41, 5.74) is -0.705. The molecule has 0 aliphatic heterocycles. The Bertz CT molecular complexity index is 682. The van der Waals surface area contributed by atoms with Crippen molar-refractivity contribution in [3.8, 4) is 5.88 Å². The van der Waals surface area contributed by atoms with Crippen molar-refractivity contribution in [2.45, 2.75) is 12.0 Å². The molecule has 0 radical (unpaired) electrons. The van der Waals surface area contributed by atoms with Gasteiger partial charge in [-0.25, -0.2) is 4.68 Å². The maximum absolute atomic E-state index is 11.4. The summed E-state index contributed by atoms with van der Waals surface area (Å²) in [5.74, 6) is -0.282. The zero-order valence-corrected chi connectivity index (χ0v) is 9.79. The number of H-pyrrole nitrogens is 1. The molecule has 1 aromatic rings. The Balaban J connectivity index is 1.97. The van der Waals surface area contributed by atoms with Gasteiger partial charge in [-0.3, -0.25) is 19.5 Å². The second-order valence-electron chi connectivity index (χ2n) is 4.67. The van der Waals surface area contributed by atoms with Crippen LogP contribution in [0.1, 0.15) is 16.8 Å². The van der Waals surface area contributed by atoms with Gasteiger partial charge in [0.2, 0.25) is 12.3 Å². The van der Waals surface area contributed by atoms with Crippen molar-refractivity contribution in [2.24, 2.45) is 5.92 Å². The van der Waals surface area contributed by atoms with E-state index in [4.69, 9.17) is 0 Å². The number of aldehydes is 1. The third kappa shape index (κ3) is 1.55. The molecule has 3 rings (SSSR count). The molecule has 3 N–H and O–H groups in total. The fourth-order valence-electron chi connectivity index (χ4n) is 2.40. The Hall–Kier alpha value is -2.57. The minimum Gasteiger partial charge on any atom is -0.493 e. The number of fused-ring (bicyclic) bond motifs is 1. The van der Waals surface area contributed by atoms with Gasteiger partial charge in [-0.2, -0.15) is 0 Å². The lowest BCUT2D eigenvalue weighted by Crippen LogP contribution is -2.31. The van der Waals surface area contributed by atoms with E-state index in [1.54, 1.807) is 6.08 Å². The van der Waals surface area contributed by atoms with Gasteiger partial charge >= 0.3 is 0 Å². The summed E-state index contributed by atoms with van der Waals surface area (Å²) in [5, 5.41) is 14.9. The van der Waals surface area contributed by atoms with E-state index in [-0.39, 0.29) is 17.0 Å². The van der Waals surface area contributed by atoms with Crippen molar-refractivity contribution in [1.29, 1.82) is 0 Å². The molecule has 0 spiro atoms. The van der Waals surface area contributed by atoms with E-state index in [0.717, 1.165) is 11.1 Å². The highest BCUT2D eigenvalue weighted by atomic mass is 16.3. The zero-order valence-electron chi connectivity index (χ0n) is 9.79. The summed E-state index contributed by atoms with van der Waals surface area (Å²) >= 11 is 0. The van der Waals surface area contributed by atoms with Crippen LogP contribution in [-0.4, -0.2) is 33.1 Å². The summed E-state index contributed by atoms with van der Waals surface area (Å²) < 4.78 is 1.16. The van der Waals surface area contributed by atoms with E-state index in [0.29, 0.717) is 18.4 Å². The number of carbonyl (C=O) groups excluding carboxylic acids is 2. The Morgan fingerprint density at radius 2 is 2.32 bits per heavy atom. The second kappa shape index (κ2) is 3.71. The molecule has 7 heteroatoms. The monoisotopic (exact) mass is 261 g/mol. The molecule has 1 saturated carbocycles. The number of aromatic hydroxyl groups is 1. The molecule has 1 fully saturated rings. The van der Waals surface area contributed by atoms with Crippen LogP contribution in [0.25, 0.3) is 5.70 Å². The molecule has 2 aliphatic carbocycles. The van der Waals surface area contributed by atoms with Crippen molar-refractivity contribution in [1.82, 2.24) is 15.1 Å². The third-order valence-corrected chi connectivity index (χ3v) is 3.60. The summed E-state index contributed by atoms with van der Waals surface area (Å²) in [6.07, 6.45) is 7.08. The van der Waals surface area contributed by atoms with Crippen LogP contribution in [0.5, 0.6) is 5.88 Å². The first-order valence-corrected chi connectivity index (χ1v) is 5.73. The molecule has 0 saturated heterocycles. The molecular formula is C12H11N3O4. The summed E-state index contributed by atoms with van der Waals surface area (Å²) in [6.45, 7) is 0. The minimum absolute atomic E-state index is 0.127. The topological polar surface area (TPSA) is 104 Å². The molecular weight excluding hydrogens is 250 g/mol. The maximum atomic E-state index is 11.4. The van der Waals surface area contributed by atoms with Crippen LogP contribution in [0, 0.1) is 5.92 Å². The molecule has 2 unspecified atom stereocenters. The van der Waals surface area contributed by atoms with E-state index in [1.807, 2.05) is 12.2 Å². The lowest BCUT2D eigenvalue weighted by atomic mass is 10.1. The molecule has 0 bridgehead atoms. The molecule has 1 aromatic heterocycles. The first-order chi connectivity index (χ1) is 9.11. The molecule has 7 nitrogen and oxygen atoms in total. The van der Waals surface area contributed by atoms with Gasteiger partial charge in [0.1, 0.15) is 5.56 Å². The summed E-state index contributed by atoms with van der Waals surface area (Å²) in [6, 6.07) is 0. The Morgan fingerprint density at radius 3 is 2.89 bits per heavy atom. The van der Waals surface area contributed by atoms with Crippen molar-refractivity contribution in [3.63, 3.8) is 0 Å². The molecule has 1 amide bonds. The van der Waals surface area contributed by atoms with E-state index in [2.05, 4.69) is 10.4 Å². The predicted octanol–water partition coefficient (Wildman–Crippen LogP) is -0.390. The largest absolute Gasteiger partial charge is 0.493 e. The van der Waals surface area contributed by atoms with Crippen LogP contribution in [0.15, 0.2) is 23.0 Å². The molecule has 98 valence electrons. The number of aromatic nitrogens is 2. The standard InChI is InChI=1S/C12H11N3O4/c16-5-9-10(18)14-15(11(9)19)8-1-2-12(13-6-17)4-7(12)3-8/h1-3,5-7,19H,4H2,(H,13,17)(H,14,18). The molecule has 19 heavy (non-hydrogen) atoms. The lowest BCUT2D eigenvalue weighted by molar-refractivity contribution is -0.110. The second-order valence-corrected chi connectivity index (χ2v) is 4.67. The number of nitrogens with zero attached hydrogens (tertiary/aromatic N) is 1. The van der Waals surface area contributed by atoms with Crippen LogP contribution in [-0.2, 0) is 4.79 Å². The van der Waals surface area contributed by atoms with E-state index in [1.165, 1.54) is 0 Å². The lowest BCUT2D eigenvalue weighted by Gasteiger charge is -2.16. The number of hydrogen-bond donors (Lipinski definition) is 3. The fraction of sp³-hybridized carbons (Fsp3) is 0.250. The Labute approximate surface area is 107 Å². The van der Waals surface area contributed by atoms with Crippen molar-refractivity contribution >= 4 is 18.4 Å². The van der Waals surface area contributed by atoms with Gasteiger partial charge in [-0.15, -0.1) is 0 Å². The molecule has 1 heterocycles. The van der Waals surface area contributed by atoms with Gasteiger partial charge in [0.15, 0.2) is 6.29 Å². The SMILES string of the molecule is O=CNC12C=CC(n3[nH]c(=O)c(C=O)c3O)=CC1C2. The first-order valence-electron chi connectivity index (χ1n) is 5.73. The van der Waals surface area contributed by atoms with Crippen LogP contribution in [0.3, 0.4) is 0 Å². The van der Waals surface area contributed by atoms with Crippen LogP contribution < -0.4 is 10.9 Å². The van der Waals surface area contributed by atoms with E-state index >= 15 is 0 Å². The number of allylic oxidation sites excluding steroid dienone is 2. The van der Waals surface area contributed by atoms with Gasteiger partial charge in [0, 0.05) is 5.92 Å². The van der Waals surface area contributed by atoms with Crippen molar-refractivity contribution in [2.75, 3.05) is 0 Å². The highest BCUT2D eigenvalue weighted by Crippen LogP contribution is 2.49. The van der Waals surface area contributed by atoms with Crippen LogP contribution in [0.4, 0.5) is 0 Å². The third-order valence-electron chi connectivity index (χ3n) is 3.60. The van der Waals surface area contributed by atoms with Crippen LogP contribution >= 0.6 is 0 Å². The summed E-state index contributed by atoms with van der Waals surface area (Å²) in [4.78, 5) is 32.6. The number of rotatable bonds is 4. The van der Waals surface area contributed by atoms with Crippen molar-refractivity contribution in [3.05, 3.63) is 34.1 Å². The summed E-state index contributed by atoms with van der Waals surface area (Å²) in [7, 11) is 0. The maximum Gasteiger partial charge on any atom is 0.279 e. The molecule has 2 atom stereocenters. The average molecular weight is 261 g/mol. The van der Waals surface area contributed by atoms with Gasteiger partial charge in [-0.05, 0) is 12.5 Å². The zero-order chi connectivity index (χ0) is 13.6. The van der Waals surface area contributed by atoms with E-state index in [9.17, 15) is 19.5 Å². The normalized spacial score (nSPS) is 27.4. The van der Waals surface area contributed by atoms with Crippen molar-refractivity contribution < 1.29 is 14.7 Å². The first kappa shape index (κ1) is 11.5. The smallest absolute Gasteiger partial charge is 0.279 e. The number of hydrogen-bond acceptors (Lipinski definition) is 4. The number of nitrogens with one attached hydrogen (secondary N) is 2. The number of aromatic amines is 1. The minimum atomic E-state index is -0.638. The fourth-order valence-corrected chi connectivity index (χ4v) is 2.40. The van der Waals surface area contributed by atoms with Crippen LogP contribution in [0.2, 0.25) is 0 Å². The molecule has 0 aromatic carbocycles. The average Bonchev–Trinajstić information content (AvgIpc) is 3.02. The van der Waals surface area contributed by atoms with Gasteiger partial charge in [-0.1, -0.05) is 12.2 Å². The number of amides is 1. The van der Waals surface area contributed by atoms with Gasteiger partial charge in [0.05, 0.1) is 11.2 Å².